The third kappa shape index (κ3) is 3.15. The van der Waals surface area contributed by atoms with Crippen LogP contribution in [0.2, 0.25) is 0 Å². The van der Waals surface area contributed by atoms with Gasteiger partial charge in [-0.1, -0.05) is 6.07 Å². The Morgan fingerprint density at radius 3 is 2.81 bits per heavy atom. The lowest BCUT2D eigenvalue weighted by atomic mass is 9.80. The molecule has 1 aromatic carbocycles. The van der Waals surface area contributed by atoms with Crippen LogP contribution < -0.4 is 4.74 Å². The predicted molar refractivity (Wildman–Crippen MR) is 86.5 cm³/mol. The molecule has 138 valence electrons. The van der Waals surface area contributed by atoms with Gasteiger partial charge in [0.2, 0.25) is 0 Å². The van der Waals surface area contributed by atoms with Gasteiger partial charge in [0.15, 0.2) is 0 Å². The Labute approximate surface area is 148 Å². The molecule has 4 rings (SSSR count). The fourth-order valence-electron chi connectivity index (χ4n) is 3.31. The summed E-state index contributed by atoms with van der Waals surface area (Å²) in [5, 5.41) is 4.32. The highest BCUT2D eigenvalue weighted by atomic mass is 19.3. The van der Waals surface area contributed by atoms with Crippen LogP contribution in [0.4, 0.5) is 13.2 Å². The van der Waals surface area contributed by atoms with Crippen molar-refractivity contribution in [3.8, 4) is 5.75 Å². The molecular formula is C18H18F3N3O2. The normalized spacial score (nSPS) is 21.3. The monoisotopic (exact) mass is 365 g/mol. The van der Waals surface area contributed by atoms with Crippen LogP contribution in [-0.4, -0.2) is 39.6 Å². The van der Waals surface area contributed by atoms with E-state index in [4.69, 9.17) is 4.74 Å². The van der Waals surface area contributed by atoms with Gasteiger partial charge >= 0.3 is 0 Å². The smallest absolute Gasteiger partial charge is 0.272 e. The van der Waals surface area contributed by atoms with Crippen molar-refractivity contribution in [2.24, 2.45) is 5.92 Å². The highest BCUT2D eigenvalue weighted by molar-refractivity contribution is 5.93. The van der Waals surface area contributed by atoms with E-state index in [2.05, 4.69) is 5.10 Å². The van der Waals surface area contributed by atoms with E-state index in [1.54, 1.807) is 22.9 Å². The van der Waals surface area contributed by atoms with Crippen LogP contribution in [-0.2, 0) is 13.2 Å². The number of aromatic nitrogens is 2. The third-order valence-electron chi connectivity index (χ3n) is 4.97. The Hall–Kier alpha value is -2.51. The summed E-state index contributed by atoms with van der Waals surface area (Å²) < 4.78 is 47.2. The van der Waals surface area contributed by atoms with Gasteiger partial charge in [0.05, 0.1) is 6.54 Å². The Kier molecular flexibility index (Phi) is 4.13. The molecule has 2 aliphatic rings. The maximum absolute atomic E-state index is 13.5. The third-order valence-corrected chi connectivity index (χ3v) is 4.97. The second-order valence-corrected chi connectivity index (χ2v) is 6.74. The first-order chi connectivity index (χ1) is 12.4. The summed E-state index contributed by atoms with van der Waals surface area (Å²) in [7, 11) is 0. The number of ether oxygens (including phenoxy) is 1. The molecule has 0 radical (unpaired) electrons. The molecule has 1 aromatic heterocycles. The van der Waals surface area contributed by atoms with E-state index in [9.17, 15) is 18.0 Å². The minimum atomic E-state index is -2.66. The van der Waals surface area contributed by atoms with E-state index in [0.29, 0.717) is 36.6 Å². The maximum atomic E-state index is 13.5. The summed E-state index contributed by atoms with van der Waals surface area (Å²) in [6, 6.07) is 7.36. The molecule has 1 fully saturated rings. The average Bonchev–Trinajstić information content (AvgIpc) is 3.03. The summed E-state index contributed by atoms with van der Waals surface area (Å²) in [6.07, 6.45) is 0.349. The molecule has 2 aromatic rings. The molecule has 1 aliphatic heterocycles. The Balaban J connectivity index is 1.42. The standard InChI is InChI=1S/C18H18F3N3O2/c19-13-2-1-3-15(8-13)26-11-14-9-16-17(25)23(6-7-24(16)22-14)10-12-4-5-18(12,20)21/h1-3,8-9,12H,4-7,10-11H2/t12-/m0/s1. The minimum Gasteiger partial charge on any atom is -0.487 e. The van der Waals surface area contributed by atoms with E-state index in [1.807, 2.05) is 0 Å². The van der Waals surface area contributed by atoms with Crippen molar-refractivity contribution >= 4 is 5.91 Å². The van der Waals surface area contributed by atoms with Gasteiger partial charge in [-0.25, -0.2) is 13.2 Å². The van der Waals surface area contributed by atoms with Crippen LogP contribution in [0, 0.1) is 11.7 Å². The zero-order valence-electron chi connectivity index (χ0n) is 14.0. The number of hydrogen-bond acceptors (Lipinski definition) is 3. The van der Waals surface area contributed by atoms with Gasteiger partial charge in [0, 0.05) is 31.5 Å². The largest absolute Gasteiger partial charge is 0.487 e. The van der Waals surface area contributed by atoms with Crippen LogP contribution in [0.1, 0.15) is 29.0 Å². The first kappa shape index (κ1) is 16.9. The number of rotatable bonds is 5. The summed E-state index contributed by atoms with van der Waals surface area (Å²) in [5.41, 5.74) is 0.908. The van der Waals surface area contributed by atoms with Gasteiger partial charge in [-0.15, -0.1) is 0 Å². The van der Waals surface area contributed by atoms with Crippen molar-refractivity contribution in [1.82, 2.24) is 14.7 Å². The first-order valence-electron chi connectivity index (χ1n) is 8.54. The number of carbonyl (C=O) groups is 1. The van der Waals surface area contributed by atoms with E-state index in [-0.39, 0.29) is 25.5 Å². The molecule has 0 N–H and O–H groups in total. The highest BCUT2D eigenvalue weighted by Crippen LogP contribution is 2.43. The van der Waals surface area contributed by atoms with Crippen molar-refractivity contribution in [3.05, 3.63) is 47.5 Å². The fourth-order valence-corrected chi connectivity index (χ4v) is 3.31. The van der Waals surface area contributed by atoms with Crippen LogP contribution >= 0.6 is 0 Å². The van der Waals surface area contributed by atoms with E-state index >= 15 is 0 Å². The van der Waals surface area contributed by atoms with Crippen molar-refractivity contribution < 1.29 is 22.7 Å². The number of amides is 1. The lowest BCUT2D eigenvalue weighted by molar-refractivity contribution is -0.137. The first-order valence-corrected chi connectivity index (χ1v) is 8.54. The summed E-state index contributed by atoms with van der Waals surface area (Å²) >= 11 is 0. The predicted octanol–water partition coefficient (Wildman–Crippen LogP) is 3.10. The molecule has 1 amide bonds. The van der Waals surface area contributed by atoms with Crippen LogP contribution in [0.5, 0.6) is 5.75 Å². The van der Waals surface area contributed by atoms with E-state index < -0.39 is 17.7 Å². The molecule has 1 atom stereocenters. The van der Waals surface area contributed by atoms with Crippen LogP contribution in [0.3, 0.4) is 0 Å². The summed E-state index contributed by atoms with van der Waals surface area (Å²) in [4.78, 5) is 14.0. The average molecular weight is 365 g/mol. The zero-order chi connectivity index (χ0) is 18.3. The molecule has 2 heterocycles. The number of hydrogen-bond donors (Lipinski definition) is 0. The van der Waals surface area contributed by atoms with Crippen molar-refractivity contribution in [2.45, 2.75) is 31.9 Å². The van der Waals surface area contributed by atoms with Gasteiger partial charge in [0.25, 0.3) is 11.8 Å². The Morgan fingerprint density at radius 1 is 1.27 bits per heavy atom. The van der Waals surface area contributed by atoms with Gasteiger partial charge < -0.3 is 9.64 Å². The Bertz CT molecular complexity index is 837. The van der Waals surface area contributed by atoms with Crippen molar-refractivity contribution in [2.75, 3.05) is 13.1 Å². The lowest BCUT2D eigenvalue weighted by Gasteiger charge is -2.40. The van der Waals surface area contributed by atoms with Gasteiger partial charge in [0.1, 0.15) is 29.6 Å². The number of benzene rings is 1. The summed E-state index contributed by atoms with van der Waals surface area (Å²) in [5.74, 6) is -3.73. The van der Waals surface area contributed by atoms with Gasteiger partial charge in [-0.2, -0.15) is 5.10 Å². The maximum Gasteiger partial charge on any atom is 0.272 e. The topological polar surface area (TPSA) is 47.4 Å². The van der Waals surface area contributed by atoms with Crippen LogP contribution in [0.25, 0.3) is 0 Å². The molecule has 0 bridgehead atoms. The second-order valence-electron chi connectivity index (χ2n) is 6.74. The van der Waals surface area contributed by atoms with Gasteiger partial charge in [-0.3, -0.25) is 9.48 Å². The number of fused-ring (bicyclic) bond motifs is 1. The lowest BCUT2D eigenvalue weighted by Crippen LogP contribution is -2.50. The molecule has 1 saturated carbocycles. The van der Waals surface area contributed by atoms with Crippen molar-refractivity contribution in [1.29, 1.82) is 0 Å². The van der Waals surface area contributed by atoms with Crippen LogP contribution in [0.15, 0.2) is 30.3 Å². The van der Waals surface area contributed by atoms with Crippen molar-refractivity contribution in [3.63, 3.8) is 0 Å². The zero-order valence-corrected chi connectivity index (χ0v) is 14.0. The molecule has 0 unspecified atom stereocenters. The number of halogens is 3. The van der Waals surface area contributed by atoms with Gasteiger partial charge in [-0.05, 0) is 24.6 Å². The number of alkyl halides is 2. The van der Waals surface area contributed by atoms with E-state index in [1.165, 1.54) is 17.0 Å². The quantitative estimate of drug-likeness (QED) is 0.818. The van der Waals surface area contributed by atoms with E-state index in [0.717, 1.165) is 0 Å². The molecule has 1 aliphatic carbocycles. The molecule has 26 heavy (non-hydrogen) atoms. The molecular weight excluding hydrogens is 347 g/mol. The molecule has 0 spiro atoms. The number of carbonyl (C=O) groups excluding carboxylic acids is 1. The second kappa shape index (κ2) is 6.34. The summed E-state index contributed by atoms with van der Waals surface area (Å²) in [6.45, 7) is 0.993. The molecule has 5 nitrogen and oxygen atoms in total. The SMILES string of the molecule is O=C1c2cc(COc3cccc(F)c3)nn2CCN1C[C@@H]1CCC1(F)F. The molecule has 8 heteroatoms. The highest BCUT2D eigenvalue weighted by Gasteiger charge is 2.49. The minimum absolute atomic E-state index is 0.0755. The number of nitrogens with zero attached hydrogens (tertiary/aromatic N) is 3. The Morgan fingerprint density at radius 2 is 2.12 bits per heavy atom. The fraction of sp³-hybridized carbons (Fsp3) is 0.444. The molecule has 0 saturated heterocycles.